The molecule has 174 valence electrons. The number of fused-ring (bicyclic) bond motifs is 1. The zero-order valence-corrected chi connectivity index (χ0v) is 18.6. The highest BCUT2D eigenvalue weighted by Gasteiger charge is 2.34. The highest BCUT2D eigenvalue weighted by atomic mass is 16.5. The smallest absolute Gasteiger partial charge is 0.335 e. The summed E-state index contributed by atoms with van der Waals surface area (Å²) < 4.78 is 5.11. The molecule has 0 saturated carbocycles. The van der Waals surface area contributed by atoms with Crippen LogP contribution in [0.2, 0.25) is 0 Å². The summed E-state index contributed by atoms with van der Waals surface area (Å²) >= 11 is 0. The highest BCUT2D eigenvalue weighted by Crippen LogP contribution is 2.35. The lowest BCUT2D eigenvalue weighted by Crippen LogP contribution is -2.54. The van der Waals surface area contributed by atoms with Crippen molar-refractivity contribution in [2.45, 2.75) is 0 Å². The molecule has 2 aromatic carbocycles. The number of carbonyl (C=O) groups excluding carboxylic acids is 2. The molecule has 0 aromatic heterocycles. The van der Waals surface area contributed by atoms with Gasteiger partial charge in [0.25, 0.3) is 0 Å². The maximum absolute atomic E-state index is 13.3. The van der Waals surface area contributed by atoms with E-state index in [1.165, 1.54) is 17.0 Å². The largest absolute Gasteiger partial charge is 0.478 e. The van der Waals surface area contributed by atoms with Gasteiger partial charge in [-0.2, -0.15) is 0 Å². The molecule has 2 aromatic rings. The summed E-state index contributed by atoms with van der Waals surface area (Å²) in [4.78, 5) is 44.9. The number of piperazine rings is 1. The van der Waals surface area contributed by atoms with Crippen LogP contribution in [0.25, 0.3) is 0 Å². The van der Waals surface area contributed by atoms with E-state index in [0.717, 1.165) is 31.9 Å². The fourth-order valence-corrected chi connectivity index (χ4v) is 4.27. The van der Waals surface area contributed by atoms with Crippen molar-refractivity contribution in [3.63, 3.8) is 0 Å². The summed E-state index contributed by atoms with van der Waals surface area (Å²) in [5.74, 6) is -1.51. The number of hydrogen-bond donors (Lipinski definition) is 1. The first kappa shape index (κ1) is 22.8. The summed E-state index contributed by atoms with van der Waals surface area (Å²) in [6.07, 6.45) is 0. The van der Waals surface area contributed by atoms with Crippen molar-refractivity contribution in [1.82, 2.24) is 4.90 Å². The molecule has 0 spiro atoms. The fourth-order valence-electron chi connectivity index (χ4n) is 4.27. The summed E-state index contributed by atoms with van der Waals surface area (Å²) in [6.45, 7) is 3.79. The number of anilines is 3. The van der Waals surface area contributed by atoms with Gasteiger partial charge in [-0.25, -0.2) is 4.79 Å². The third kappa shape index (κ3) is 4.99. The molecule has 0 atom stereocenters. The number of amides is 2. The van der Waals surface area contributed by atoms with Crippen molar-refractivity contribution in [1.29, 1.82) is 0 Å². The lowest BCUT2D eigenvalue weighted by molar-refractivity contribution is -0.123. The topological polar surface area (TPSA) is 93.6 Å². The monoisotopic (exact) mass is 452 g/mol. The summed E-state index contributed by atoms with van der Waals surface area (Å²) in [7, 11) is 1.55. The second-order valence-corrected chi connectivity index (χ2v) is 8.13. The Morgan fingerprint density at radius 2 is 1.73 bits per heavy atom. The first-order valence-electron chi connectivity index (χ1n) is 11.0. The number of carbonyl (C=O) groups is 3. The molecule has 2 amide bonds. The van der Waals surface area contributed by atoms with E-state index in [4.69, 9.17) is 4.74 Å². The van der Waals surface area contributed by atoms with Gasteiger partial charge in [-0.05, 0) is 30.3 Å². The molecule has 0 radical (unpaired) electrons. The van der Waals surface area contributed by atoms with Gasteiger partial charge in [-0.15, -0.1) is 0 Å². The predicted octanol–water partition coefficient (Wildman–Crippen LogP) is 1.53. The van der Waals surface area contributed by atoms with Gasteiger partial charge in [-0.1, -0.05) is 18.2 Å². The number of methoxy groups -OCH3 is 1. The van der Waals surface area contributed by atoms with E-state index in [-0.39, 0.29) is 30.5 Å². The van der Waals surface area contributed by atoms with Crippen LogP contribution in [0, 0.1) is 0 Å². The van der Waals surface area contributed by atoms with Crippen LogP contribution in [0.1, 0.15) is 10.4 Å². The van der Waals surface area contributed by atoms with Crippen LogP contribution in [0.5, 0.6) is 0 Å². The van der Waals surface area contributed by atoms with Crippen molar-refractivity contribution in [3.05, 3.63) is 54.1 Å². The number of carboxylic acids is 1. The Bertz CT molecular complexity index is 1020. The number of rotatable bonds is 7. The zero-order chi connectivity index (χ0) is 23.4. The van der Waals surface area contributed by atoms with E-state index in [1.54, 1.807) is 18.1 Å². The maximum atomic E-state index is 13.3. The Morgan fingerprint density at radius 3 is 2.39 bits per heavy atom. The van der Waals surface area contributed by atoms with E-state index < -0.39 is 5.97 Å². The molecule has 0 aliphatic carbocycles. The predicted molar refractivity (Wildman–Crippen MR) is 125 cm³/mol. The van der Waals surface area contributed by atoms with Crippen molar-refractivity contribution in [2.75, 3.05) is 74.2 Å². The fraction of sp³-hybridized carbons (Fsp3) is 0.375. The van der Waals surface area contributed by atoms with Gasteiger partial charge in [0.2, 0.25) is 11.8 Å². The molecular weight excluding hydrogens is 424 g/mol. The number of aromatic carboxylic acids is 1. The average molecular weight is 453 g/mol. The van der Waals surface area contributed by atoms with Gasteiger partial charge >= 0.3 is 5.97 Å². The van der Waals surface area contributed by atoms with Gasteiger partial charge in [0, 0.05) is 45.5 Å². The molecule has 0 unspecified atom stereocenters. The molecule has 2 heterocycles. The standard InChI is InChI=1S/C24H28N4O5/c1-33-14-13-27-20-8-7-18(24(31)32)15-21(20)28(17-23(27)30)22(29)16-25-9-11-26(12-10-25)19-5-3-2-4-6-19/h2-8,15H,9-14,16-17H2,1H3,(H,31,32). The highest BCUT2D eigenvalue weighted by molar-refractivity contribution is 6.12. The van der Waals surface area contributed by atoms with Crippen LogP contribution in [0.3, 0.4) is 0 Å². The van der Waals surface area contributed by atoms with E-state index in [9.17, 15) is 19.5 Å². The van der Waals surface area contributed by atoms with Crippen molar-refractivity contribution in [3.8, 4) is 0 Å². The van der Waals surface area contributed by atoms with E-state index in [1.807, 2.05) is 18.2 Å². The first-order valence-corrected chi connectivity index (χ1v) is 11.0. The van der Waals surface area contributed by atoms with E-state index >= 15 is 0 Å². The molecule has 2 aliphatic heterocycles. The SMILES string of the molecule is COCCN1C(=O)CN(C(=O)CN2CCN(c3ccccc3)CC2)c2cc(C(=O)O)ccc21. The number of para-hydroxylation sites is 1. The summed E-state index contributed by atoms with van der Waals surface area (Å²) in [5, 5.41) is 9.43. The van der Waals surface area contributed by atoms with Crippen molar-refractivity contribution >= 4 is 34.8 Å². The van der Waals surface area contributed by atoms with Crippen molar-refractivity contribution in [2.24, 2.45) is 0 Å². The Kier molecular flexibility index (Phi) is 6.90. The Morgan fingerprint density at radius 1 is 1.00 bits per heavy atom. The molecular formula is C24H28N4O5. The third-order valence-corrected chi connectivity index (χ3v) is 6.07. The minimum atomic E-state index is -1.08. The molecule has 4 rings (SSSR count). The van der Waals surface area contributed by atoms with E-state index in [0.29, 0.717) is 24.5 Å². The second kappa shape index (κ2) is 10.0. The molecule has 33 heavy (non-hydrogen) atoms. The summed E-state index contributed by atoms with van der Waals surface area (Å²) in [6, 6.07) is 14.7. The molecule has 1 N–H and O–H groups in total. The van der Waals surface area contributed by atoms with Crippen LogP contribution >= 0.6 is 0 Å². The zero-order valence-electron chi connectivity index (χ0n) is 18.6. The Hall–Kier alpha value is -3.43. The molecule has 0 bridgehead atoms. The average Bonchev–Trinajstić information content (AvgIpc) is 2.83. The van der Waals surface area contributed by atoms with E-state index in [2.05, 4.69) is 21.9 Å². The second-order valence-electron chi connectivity index (χ2n) is 8.13. The minimum absolute atomic E-state index is 0.0732. The van der Waals surface area contributed by atoms with Gasteiger partial charge < -0.3 is 19.6 Å². The number of ether oxygens (including phenoxy) is 1. The number of benzene rings is 2. The summed E-state index contributed by atoms with van der Waals surface area (Å²) in [5.41, 5.74) is 2.20. The van der Waals surface area contributed by atoms with Crippen LogP contribution < -0.4 is 14.7 Å². The van der Waals surface area contributed by atoms with Gasteiger partial charge in [0.05, 0.1) is 30.1 Å². The maximum Gasteiger partial charge on any atom is 0.335 e. The van der Waals surface area contributed by atoms with Crippen LogP contribution in [-0.4, -0.2) is 87.3 Å². The van der Waals surface area contributed by atoms with Gasteiger partial charge in [0.15, 0.2) is 0 Å². The normalized spacial score (nSPS) is 16.6. The molecule has 2 aliphatic rings. The van der Waals surface area contributed by atoms with Crippen LogP contribution in [0.15, 0.2) is 48.5 Å². The van der Waals surface area contributed by atoms with Crippen LogP contribution in [-0.2, 0) is 14.3 Å². The van der Waals surface area contributed by atoms with Gasteiger partial charge in [0.1, 0.15) is 6.54 Å². The molecule has 1 fully saturated rings. The molecule has 9 heteroatoms. The van der Waals surface area contributed by atoms with Crippen LogP contribution in [0.4, 0.5) is 17.1 Å². The lowest BCUT2D eigenvalue weighted by atomic mass is 10.1. The van der Waals surface area contributed by atoms with Gasteiger partial charge in [-0.3, -0.25) is 19.4 Å². The number of nitrogens with zero attached hydrogens (tertiary/aromatic N) is 4. The molecule has 1 saturated heterocycles. The number of hydrogen-bond acceptors (Lipinski definition) is 6. The van der Waals surface area contributed by atoms with Crippen molar-refractivity contribution < 1.29 is 24.2 Å². The number of carboxylic acid groups (broad SMARTS) is 1. The quantitative estimate of drug-likeness (QED) is 0.681. The Labute approximate surface area is 192 Å². The lowest BCUT2D eigenvalue weighted by Gasteiger charge is -2.39. The first-order chi connectivity index (χ1) is 16.0. The minimum Gasteiger partial charge on any atom is -0.478 e. The third-order valence-electron chi connectivity index (χ3n) is 6.07. The Balaban J connectivity index is 1.48. The molecule has 9 nitrogen and oxygen atoms in total.